The molecular formula is C18H37. The van der Waals surface area contributed by atoms with Gasteiger partial charge in [0.2, 0.25) is 0 Å². The summed E-state index contributed by atoms with van der Waals surface area (Å²) in [5, 5.41) is 0. The van der Waals surface area contributed by atoms with Crippen LogP contribution in [0.5, 0.6) is 0 Å². The van der Waals surface area contributed by atoms with Crippen LogP contribution in [-0.4, -0.2) is 0 Å². The highest BCUT2D eigenvalue weighted by atomic mass is 14.1. The average molecular weight is 253 g/mol. The second-order valence-corrected chi connectivity index (χ2v) is 5.78. The Bertz CT molecular complexity index is 135. The van der Waals surface area contributed by atoms with E-state index in [-0.39, 0.29) is 0 Å². The molecule has 0 aromatic rings. The summed E-state index contributed by atoms with van der Waals surface area (Å²) >= 11 is 0. The van der Waals surface area contributed by atoms with E-state index in [4.69, 9.17) is 0 Å². The largest absolute Gasteiger partial charge is 0.0654 e. The minimum Gasteiger partial charge on any atom is -0.0654 e. The van der Waals surface area contributed by atoms with Crippen LogP contribution in [-0.2, 0) is 0 Å². The summed E-state index contributed by atoms with van der Waals surface area (Å²) in [5.74, 6) is 0.878. The Hall–Kier alpha value is 0. The molecule has 1 radical (unpaired) electrons. The first-order chi connectivity index (χ1) is 8.85. The van der Waals surface area contributed by atoms with Crippen LogP contribution in [0.1, 0.15) is 104 Å². The van der Waals surface area contributed by atoms with Crippen molar-refractivity contribution in [2.45, 2.75) is 104 Å². The Morgan fingerprint density at radius 3 is 1.50 bits per heavy atom. The third kappa shape index (κ3) is 12.5. The molecule has 109 valence electrons. The van der Waals surface area contributed by atoms with Crippen molar-refractivity contribution in [3.05, 3.63) is 6.42 Å². The molecule has 0 amide bonds. The maximum atomic E-state index is 2.56. The molecule has 0 aliphatic heterocycles. The molecule has 0 fully saturated rings. The minimum absolute atomic E-state index is 0.878. The molecule has 0 aromatic carbocycles. The summed E-state index contributed by atoms with van der Waals surface area (Å²) in [4.78, 5) is 0. The fourth-order valence-corrected chi connectivity index (χ4v) is 2.61. The summed E-state index contributed by atoms with van der Waals surface area (Å²) in [7, 11) is 0. The lowest BCUT2D eigenvalue weighted by atomic mass is 9.95. The zero-order chi connectivity index (χ0) is 13.5. The van der Waals surface area contributed by atoms with E-state index in [0.717, 1.165) is 5.92 Å². The predicted molar refractivity (Wildman–Crippen MR) is 84.8 cm³/mol. The van der Waals surface area contributed by atoms with Gasteiger partial charge in [0, 0.05) is 0 Å². The third-order valence-corrected chi connectivity index (χ3v) is 4.11. The van der Waals surface area contributed by atoms with Gasteiger partial charge in [-0.25, -0.2) is 0 Å². The number of hydrogen-bond donors (Lipinski definition) is 0. The molecule has 0 saturated carbocycles. The van der Waals surface area contributed by atoms with Crippen LogP contribution in [0.25, 0.3) is 0 Å². The Labute approximate surface area is 117 Å². The molecule has 0 unspecified atom stereocenters. The summed E-state index contributed by atoms with van der Waals surface area (Å²) in [6, 6.07) is 0. The lowest BCUT2D eigenvalue weighted by molar-refractivity contribution is 0.516. The fourth-order valence-electron chi connectivity index (χ4n) is 2.61. The monoisotopic (exact) mass is 253 g/mol. The molecule has 0 nitrogen and oxygen atoms in total. The number of unbranched alkanes of at least 4 members (excludes halogenated alkanes) is 10. The van der Waals surface area contributed by atoms with Gasteiger partial charge in [-0.2, -0.15) is 0 Å². The van der Waals surface area contributed by atoms with E-state index < -0.39 is 0 Å². The molecule has 0 saturated heterocycles. The van der Waals surface area contributed by atoms with E-state index in [1.54, 1.807) is 0 Å². The van der Waals surface area contributed by atoms with Gasteiger partial charge in [0.25, 0.3) is 0 Å². The molecule has 0 heterocycles. The molecule has 0 heteroatoms. The van der Waals surface area contributed by atoms with E-state index in [1.807, 2.05) is 0 Å². The van der Waals surface area contributed by atoms with Crippen LogP contribution in [0.4, 0.5) is 0 Å². The SMILES string of the molecule is CCCCCCCCCCCC[CH]C(CC)CC. The molecule has 0 rings (SSSR count). The minimum atomic E-state index is 0.878. The van der Waals surface area contributed by atoms with Gasteiger partial charge in [0.15, 0.2) is 0 Å². The predicted octanol–water partition coefficient (Wildman–Crippen LogP) is 6.94. The van der Waals surface area contributed by atoms with Crippen LogP contribution in [0, 0.1) is 12.3 Å². The quantitative estimate of drug-likeness (QED) is 0.294. The van der Waals surface area contributed by atoms with Crippen molar-refractivity contribution in [1.29, 1.82) is 0 Å². The number of rotatable bonds is 14. The number of hydrogen-bond acceptors (Lipinski definition) is 0. The normalized spacial score (nSPS) is 11.3. The van der Waals surface area contributed by atoms with Gasteiger partial charge >= 0.3 is 0 Å². The van der Waals surface area contributed by atoms with E-state index in [1.165, 1.54) is 83.5 Å². The summed E-state index contributed by atoms with van der Waals surface area (Å²) < 4.78 is 0. The smallest absolute Gasteiger partial charge is 0.0355 e. The molecule has 0 bridgehead atoms. The Morgan fingerprint density at radius 2 is 1.06 bits per heavy atom. The third-order valence-electron chi connectivity index (χ3n) is 4.11. The van der Waals surface area contributed by atoms with Gasteiger partial charge in [-0.1, -0.05) is 97.8 Å². The summed E-state index contributed by atoms with van der Waals surface area (Å²) in [6.07, 6.45) is 21.0. The van der Waals surface area contributed by atoms with Crippen molar-refractivity contribution in [2.75, 3.05) is 0 Å². The second kappa shape index (κ2) is 15.1. The molecule has 0 N–H and O–H groups in total. The maximum Gasteiger partial charge on any atom is -0.0355 e. The Balaban J connectivity index is 3.03. The van der Waals surface area contributed by atoms with Gasteiger partial charge < -0.3 is 0 Å². The molecule has 18 heavy (non-hydrogen) atoms. The first kappa shape index (κ1) is 18.0. The summed E-state index contributed by atoms with van der Waals surface area (Å²) in [6.45, 7) is 6.91. The van der Waals surface area contributed by atoms with Gasteiger partial charge in [0.05, 0.1) is 0 Å². The molecular weight excluding hydrogens is 216 g/mol. The van der Waals surface area contributed by atoms with Gasteiger partial charge in [-0.15, -0.1) is 0 Å². The topological polar surface area (TPSA) is 0 Å². The lowest BCUT2D eigenvalue weighted by Gasteiger charge is -2.10. The Kier molecular flexibility index (Phi) is 15.1. The van der Waals surface area contributed by atoms with Crippen molar-refractivity contribution in [2.24, 2.45) is 5.92 Å². The van der Waals surface area contributed by atoms with Crippen molar-refractivity contribution in [1.82, 2.24) is 0 Å². The van der Waals surface area contributed by atoms with Crippen LogP contribution in [0.3, 0.4) is 0 Å². The zero-order valence-corrected chi connectivity index (χ0v) is 13.3. The zero-order valence-electron chi connectivity index (χ0n) is 13.3. The van der Waals surface area contributed by atoms with Crippen molar-refractivity contribution < 1.29 is 0 Å². The summed E-state index contributed by atoms with van der Waals surface area (Å²) in [5.41, 5.74) is 0. The first-order valence-corrected chi connectivity index (χ1v) is 8.68. The van der Waals surface area contributed by atoms with Crippen LogP contribution < -0.4 is 0 Å². The lowest BCUT2D eigenvalue weighted by Crippen LogP contribution is -1.97. The van der Waals surface area contributed by atoms with Crippen molar-refractivity contribution in [3.63, 3.8) is 0 Å². The van der Waals surface area contributed by atoms with Crippen LogP contribution >= 0.6 is 0 Å². The highest BCUT2D eigenvalue weighted by Gasteiger charge is 2.02. The standard InChI is InChI=1S/C18H37/c1-4-7-8-9-10-11-12-13-14-15-16-17-18(5-2)6-3/h17-18H,4-16H2,1-3H3. The highest BCUT2D eigenvalue weighted by molar-refractivity contribution is 4.73. The highest BCUT2D eigenvalue weighted by Crippen LogP contribution is 2.17. The fraction of sp³-hybridized carbons (Fsp3) is 0.944. The van der Waals surface area contributed by atoms with Gasteiger partial charge in [-0.05, 0) is 18.8 Å². The van der Waals surface area contributed by atoms with Crippen molar-refractivity contribution >= 4 is 0 Å². The molecule has 0 atom stereocenters. The van der Waals surface area contributed by atoms with E-state index >= 15 is 0 Å². The van der Waals surface area contributed by atoms with Gasteiger partial charge in [-0.3, -0.25) is 0 Å². The van der Waals surface area contributed by atoms with E-state index in [0.29, 0.717) is 0 Å². The van der Waals surface area contributed by atoms with E-state index in [2.05, 4.69) is 27.2 Å². The van der Waals surface area contributed by atoms with Gasteiger partial charge in [0.1, 0.15) is 0 Å². The van der Waals surface area contributed by atoms with E-state index in [9.17, 15) is 0 Å². The Morgan fingerprint density at radius 1 is 0.611 bits per heavy atom. The second-order valence-electron chi connectivity index (χ2n) is 5.78. The molecule has 0 spiro atoms. The first-order valence-electron chi connectivity index (χ1n) is 8.68. The average Bonchev–Trinajstić information content (AvgIpc) is 2.40. The van der Waals surface area contributed by atoms with Crippen molar-refractivity contribution in [3.8, 4) is 0 Å². The maximum absolute atomic E-state index is 2.56. The van der Waals surface area contributed by atoms with Crippen LogP contribution in [0.2, 0.25) is 0 Å². The van der Waals surface area contributed by atoms with Crippen LogP contribution in [0.15, 0.2) is 0 Å². The molecule has 0 aliphatic rings. The molecule has 0 aliphatic carbocycles. The molecule has 0 aromatic heterocycles.